The summed E-state index contributed by atoms with van der Waals surface area (Å²) in [6, 6.07) is 4.43. The molecular formula is C20H30N3O8P. The van der Waals surface area contributed by atoms with Crippen molar-refractivity contribution in [1.29, 1.82) is 0 Å². The van der Waals surface area contributed by atoms with Gasteiger partial charge < -0.3 is 14.8 Å². The Morgan fingerprint density at radius 2 is 2.09 bits per heavy atom. The molecule has 0 aromatic carbocycles. The molecule has 0 radical (unpaired) electrons. The van der Waals surface area contributed by atoms with Crippen LogP contribution in [0.1, 0.15) is 32.9 Å². The number of hydrogen-bond acceptors (Lipinski definition) is 9. The van der Waals surface area contributed by atoms with Crippen LogP contribution >= 0.6 is 7.75 Å². The number of rotatable bonds is 10. The molecule has 0 spiro atoms. The van der Waals surface area contributed by atoms with E-state index in [2.05, 4.69) is 20.1 Å². The maximum absolute atomic E-state index is 13.0. The zero-order valence-corrected chi connectivity index (χ0v) is 19.6. The number of carbonyl (C=O) groups is 3. The third-order valence-electron chi connectivity index (χ3n) is 4.69. The molecule has 12 heteroatoms. The van der Waals surface area contributed by atoms with Crippen LogP contribution in [0.15, 0.2) is 24.4 Å². The van der Waals surface area contributed by atoms with Crippen molar-refractivity contribution in [3.63, 3.8) is 0 Å². The highest BCUT2D eigenvalue weighted by Gasteiger charge is 2.48. The van der Waals surface area contributed by atoms with Gasteiger partial charge in [-0.1, -0.05) is 19.9 Å². The van der Waals surface area contributed by atoms with Gasteiger partial charge in [0.1, 0.15) is 6.04 Å². The van der Waals surface area contributed by atoms with Crippen LogP contribution in [0.5, 0.6) is 0 Å². The first-order valence-electron chi connectivity index (χ1n) is 10.2. The van der Waals surface area contributed by atoms with Gasteiger partial charge in [0.15, 0.2) is 6.10 Å². The van der Waals surface area contributed by atoms with Gasteiger partial charge in [-0.3, -0.25) is 28.4 Å². The maximum Gasteiger partial charge on any atom is 0.407 e. The molecule has 1 aromatic heterocycles. The van der Waals surface area contributed by atoms with E-state index in [-0.39, 0.29) is 26.2 Å². The van der Waals surface area contributed by atoms with E-state index >= 15 is 0 Å². The molecule has 2 N–H and O–H groups in total. The molecule has 2 rings (SSSR count). The number of ether oxygens (including phenoxy) is 2. The highest BCUT2D eigenvalue weighted by molar-refractivity contribution is 7.51. The minimum Gasteiger partial charge on any atom is -0.469 e. The normalized spacial score (nSPS) is 23.1. The lowest BCUT2D eigenvalue weighted by molar-refractivity contribution is -0.145. The monoisotopic (exact) mass is 471 g/mol. The molecule has 32 heavy (non-hydrogen) atoms. The van der Waals surface area contributed by atoms with E-state index in [1.165, 1.54) is 14.0 Å². The van der Waals surface area contributed by atoms with Gasteiger partial charge in [0.05, 0.1) is 26.7 Å². The Morgan fingerprint density at radius 1 is 1.34 bits per heavy atom. The van der Waals surface area contributed by atoms with E-state index in [1.807, 2.05) is 12.1 Å². The zero-order chi connectivity index (χ0) is 23.8. The summed E-state index contributed by atoms with van der Waals surface area (Å²) in [5.74, 6) is -1.66. The SMILES string of the molecule is COC(=O)CCNC(=O)[C@@H]1O[P@@](=O)(NC(C)C(=O)OCCc2ccccn2)OCC1(C)C. The molecule has 1 unspecified atom stereocenters. The summed E-state index contributed by atoms with van der Waals surface area (Å²) in [5, 5.41) is 5.08. The van der Waals surface area contributed by atoms with Crippen molar-refractivity contribution in [1.82, 2.24) is 15.4 Å². The van der Waals surface area contributed by atoms with Gasteiger partial charge in [-0.25, -0.2) is 9.65 Å². The molecule has 11 nitrogen and oxygen atoms in total. The standard InChI is InChI=1S/C20H30N3O8P/c1-14(19(26)29-12-9-15-7-5-6-10-21-15)23-32(27)30-13-20(2,3)17(31-32)18(25)22-11-8-16(24)28-4/h5-7,10,14,17H,8-9,11-13H2,1-4H3,(H,22,25)(H,23,27)/t14?,17-,32+/m0/s1. The van der Waals surface area contributed by atoms with E-state index in [1.54, 1.807) is 26.1 Å². The van der Waals surface area contributed by atoms with Crippen LogP contribution in [0.2, 0.25) is 0 Å². The number of esters is 2. The molecule has 0 bridgehead atoms. The van der Waals surface area contributed by atoms with Crippen molar-refractivity contribution in [2.45, 2.75) is 45.8 Å². The number of nitrogens with zero attached hydrogens (tertiary/aromatic N) is 1. The number of carbonyl (C=O) groups excluding carboxylic acids is 3. The minimum absolute atomic E-state index is 0.0107. The number of hydrogen-bond donors (Lipinski definition) is 2. The molecule has 1 saturated heterocycles. The Bertz CT molecular complexity index is 849. The summed E-state index contributed by atoms with van der Waals surface area (Å²) < 4.78 is 33.6. The summed E-state index contributed by atoms with van der Waals surface area (Å²) in [7, 11) is -2.72. The van der Waals surface area contributed by atoms with Gasteiger partial charge in [0.2, 0.25) is 5.91 Å². The largest absolute Gasteiger partial charge is 0.469 e. The van der Waals surface area contributed by atoms with Crippen LogP contribution in [-0.4, -0.2) is 61.8 Å². The van der Waals surface area contributed by atoms with Crippen molar-refractivity contribution < 1.29 is 37.5 Å². The van der Waals surface area contributed by atoms with E-state index in [0.717, 1.165) is 5.69 Å². The van der Waals surface area contributed by atoms with Crippen molar-refractivity contribution in [3.05, 3.63) is 30.1 Å². The molecule has 0 saturated carbocycles. The molecule has 1 amide bonds. The van der Waals surface area contributed by atoms with Crippen LogP contribution in [0.25, 0.3) is 0 Å². The zero-order valence-electron chi connectivity index (χ0n) is 18.7. The predicted molar refractivity (Wildman–Crippen MR) is 113 cm³/mol. The topological polar surface area (TPSA) is 142 Å². The van der Waals surface area contributed by atoms with Crippen molar-refractivity contribution in [3.8, 4) is 0 Å². The summed E-state index contributed by atoms with van der Waals surface area (Å²) in [4.78, 5) is 40.2. The van der Waals surface area contributed by atoms with Crippen LogP contribution < -0.4 is 10.4 Å². The molecule has 3 atom stereocenters. The first kappa shape index (κ1) is 25.9. The van der Waals surface area contributed by atoms with E-state index in [4.69, 9.17) is 13.8 Å². The molecule has 1 aliphatic rings. The summed E-state index contributed by atoms with van der Waals surface area (Å²) >= 11 is 0. The quantitative estimate of drug-likeness (QED) is 0.379. The Morgan fingerprint density at radius 3 is 2.75 bits per heavy atom. The third kappa shape index (κ3) is 7.67. The second-order valence-corrected chi connectivity index (χ2v) is 9.67. The van der Waals surface area contributed by atoms with Crippen LogP contribution in [0.3, 0.4) is 0 Å². The van der Waals surface area contributed by atoms with E-state index < -0.39 is 43.2 Å². The predicted octanol–water partition coefficient (Wildman–Crippen LogP) is 1.37. The highest BCUT2D eigenvalue weighted by Crippen LogP contribution is 2.53. The number of amides is 1. The summed E-state index contributed by atoms with van der Waals surface area (Å²) in [6.45, 7) is 4.99. The number of nitrogens with one attached hydrogen (secondary N) is 2. The van der Waals surface area contributed by atoms with Crippen LogP contribution in [0, 0.1) is 5.41 Å². The Balaban J connectivity index is 1.89. The Hall–Kier alpha value is -2.33. The molecule has 2 heterocycles. The van der Waals surface area contributed by atoms with Crippen molar-refractivity contribution in [2.24, 2.45) is 5.41 Å². The van der Waals surface area contributed by atoms with Gasteiger partial charge in [0.25, 0.3) is 0 Å². The Labute approximate surface area is 187 Å². The molecule has 1 aromatic rings. The summed E-state index contributed by atoms with van der Waals surface area (Å²) in [6.07, 6.45) is 0.947. The van der Waals surface area contributed by atoms with Crippen molar-refractivity contribution >= 4 is 25.6 Å². The fourth-order valence-electron chi connectivity index (χ4n) is 2.81. The van der Waals surface area contributed by atoms with Gasteiger partial charge in [-0.15, -0.1) is 0 Å². The first-order valence-corrected chi connectivity index (χ1v) is 11.7. The van der Waals surface area contributed by atoms with Gasteiger partial charge in [-0.2, -0.15) is 0 Å². The average molecular weight is 471 g/mol. The van der Waals surface area contributed by atoms with Crippen LogP contribution in [-0.2, 0) is 43.9 Å². The highest BCUT2D eigenvalue weighted by atomic mass is 31.2. The summed E-state index contributed by atoms with van der Waals surface area (Å²) in [5.41, 5.74) is -0.0203. The maximum atomic E-state index is 13.0. The number of aromatic nitrogens is 1. The lowest BCUT2D eigenvalue weighted by atomic mass is 9.87. The lowest BCUT2D eigenvalue weighted by Gasteiger charge is -2.40. The second-order valence-electron chi connectivity index (χ2n) is 7.95. The minimum atomic E-state index is -3.98. The smallest absolute Gasteiger partial charge is 0.407 e. The lowest BCUT2D eigenvalue weighted by Crippen LogP contribution is -2.51. The van der Waals surface area contributed by atoms with Gasteiger partial charge in [0, 0.05) is 30.3 Å². The fourth-order valence-corrected chi connectivity index (χ4v) is 4.75. The van der Waals surface area contributed by atoms with E-state index in [0.29, 0.717) is 6.42 Å². The van der Waals surface area contributed by atoms with Crippen LogP contribution in [0.4, 0.5) is 0 Å². The molecule has 1 aliphatic heterocycles. The van der Waals surface area contributed by atoms with Gasteiger partial charge >= 0.3 is 19.7 Å². The van der Waals surface area contributed by atoms with E-state index in [9.17, 15) is 18.9 Å². The molecular weight excluding hydrogens is 441 g/mol. The molecule has 0 aliphatic carbocycles. The molecule has 1 fully saturated rings. The van der Waals surface area contributed by atoms with Gasteiger partial charge in [-0.05, 0) is 19.1 Å². The van der Waals surface area contributed by atoms with Crippen molar-refractivity contribution in [2.75, 3.05) is 26.9 Å². The number of methoxy groups -OCH3 is 1. The second kappa shape index (κ2) is 11.5. The first-order chi connectivity index (χ1) is 15.1. The number of pyridine rings is 1. The Kier molecular flexibility index (Phi) is 9.33. The fraction of sp³-hybridized carbons (Fsp3) is 0.600. The third-order valence-corrected chi connectivity index (χ3v) is 6.35. The molecule has 178 valence electrons. The average Bonchev–Trinajstić information content (AvgIpc) is 2.76.